The zero-order chi connectivity index (χ0) is 43.2. The van der Waals surface area contributed by atoms with E-state index >= 15 is 0 Å². The third-order valence-electron chi connectivity index (χ3n) is 17.7. The summed E-state index contributed by atoms with van der Waals surface area (Å²) in [7, 11) is 0. The van der Waals surface area contributed by atoms with Crippen molar-refractivity contribution in [3.63, 3.8) is 0 Å². The van der Waals surface area contributed by atoms with Gasteiger partial charge in [-0.05, 0) is 92.0 Å². The van der Waals surface area contributed by atoms with Gasteiger partial charge in [-0.3, -0.25) is 0 Å². The van der Waals surface area contributed by atoms with Crippen LogP contribution in [0.1, 0.15) is 33.4 Å². The fraction of sp³-hybridized carbons (Fsp3) is 0.0781. The van der Waals surface area contributed by atoms with Crippen molar-refractivity contribution in [1.82, 2.24) is 0 Å². The van der Waals surface area contributed by atoms with Gasteiger partial charge in [0.15, 0.2) is 18.6 Å². The first-order valence-electron chi connectivity index (χ1n) is 23.9. The van der Waals surface area contributed by atoms with Crippen LogP contribution >= 0.6 is 0 Å². The van der Waals surface area contributed by atoms with E-state index in [0.717, 1.165) is 6.42 Å². The van der Waals surface area contributed by atoms with Gasteiger partial charge in [-0.2, -0.15) is 13.7 Å². The zero-order valence-electron chi connectivity index (χ0n) is 36.3. The van der Waals surface area contributed by atoms with E-state index in [4.69, 9.17) is 0 Å². The third-order valence-corrected chi connectivity index (χ3v) is 17.7. The summed E-state index contributed by atoms with van der Waals surface area (Å²) in [6.45, 7) is 0. The lowest BCUT2D eigenvalue weighted by molar-refractivity contribution is -0.731. The number of hydrogen-bond donors (Lipinski definition) is 0. The number of hydrogen-bond acceptors (Lipinski definition) is 0. The van der Waals surface area contributed by atoms with Crippen LogP contribution in [0, 0.1) is 0 Å². The van der Waals surface area contributed by atoms with E-state index in [9.17, 15) is 0 Å². The molecule has 6 aromatic carbocycles. The molecule has 3 nitrogen and oxygen atoms in total. The van der Waals surface area contributed by atoms with Crippen LogP contribution in [0.4, 0.5) is 0 Å². The van der Waals surface area contributed by atoms with Gasteiger partial charge in [0.1, 0.15) is 5.41 Å². The number of aromatic nitrogens is 3. The highest BCUT2D eigenvalue weighted by Crippen LogP contribution is 2.82. The van der Waals surface area contributed by atoms with Crippen molar-refractivity contribution in [3.8, 4) is 67.2 Å². The van der Waals surface area contributed by atoms with Crippen molar-refractivity contribution in [1.29, 1.82) is 0 Å². The minimum absolute atomic E-state index is 0.552. The summed E-state index contributed by atoms with van der Waals surface area (Å²) >= 11 is 0. The number of pyridine rings is 3. The second kappa shape index (κ2) is 10.9. The van der Waals surface area contributed by atoms with Crippen molar-refractivity contribution in [2.24, 2.45) is 0 Å². The Kier molecular flexibility index (Phi) is 5.54. The first kappa shape index (κ1) is 34.1. The summed E-state index contributed by atoms with van der Waals surface area (Å²) in [5, 5.41) is 0. The molecule has 9 aromatic rings. The summed E-state index contributed by atoms with van der Waals surface area (Å²) < 4.78 is 8.21. The van der Waals surface area contributed by atoms with Crippen LogP contribution < -0.4 is 13.7 Å². The molecule has 0 amide bonds. The highest BCUT2D eigenvalue weighted by Gasteiger charge is 2.89. The van der Waals surface area contributed by atoms with E-state index in [0.29, 0.717) is 0 Å². The van der Waals surface area contributed by atoms with Crippen LogP contribution in [-0.4, -0.2) is 0 Å². The van der Waals surface area contributed by atoms with Crippen LogP contribution in [0.5, 0.6) is 0 Å². The van der Waals surface area contributed by atoms with Gasteiger partial charge in [-0.1, -0.05) is 127 Å². The summed E-state index contributed by atoms with van der Waals surface area (Å²) in [4.78, 5) is 0. The maximum absolute atomic E-state index is 2.84. The van der Waals surface area contributed by atoms with Crippen LogP contribution in [0.15, 0.2) is 224 Å². The minimum atomic E-state index is -0.769. The molecule has 0 N–H and O–H groups in total. The maximum Gasteiger partial charge on any atom is 0.239 e. The Balaban J connectivity index is 1.18. The summed E-state index contributed by atoms with van der Waals surface area (Å²) in [5.41, 5.74) is 27.5. The Morgan fingerprint density at radius 3 is 1.52 bits per heavy atom. The molecule has 6 aliphatic heterocycles. The first-order valence-corrected chi connectivity index (χ1v) is 23.9. The van der Waals surface area contributed by atoms with E-state index in [1.807, 2.05) is 0 Å². The molecule has 3 aliphatic carbocycles. The largest absolute Gasteiger partial charge is 0.239 e. The average Bonchev–Trinajstić information content (AvgIpc) is 4.02. The second-order valence-corrected chi connectivity index (χ2v) is 20.2. The highest BCUT2D eigenvalue weighted by molar-refractivity contribution is 6.13. The van der Waals surface area contributed by atoms with E-state index in [2.05, 4.69) is 233 Å². The highest BCUT2D eigenvalue weighted by atomic mass is 15.2. The lowest BCUT2D eigenvalue weighted by Gasteiger charge is -2.44. The summed E-state index contributed by atoms with van der Waals surface area (Å²) in [6.07, 6.45) is 16.8. The lowest BCUT2D eigenvalue weighted by atomic mass is 9.60. The molecule has 1 saturated carbocycles. The number of fused-ring (bicyclic) bond motifs is 18. The van der Waals surface area contributed by atoms with Gasteiger partial charge >= 0.3 is 0 Å². The van der Waals surface area contributed by atoms with Gasteiger partial charge in [-0.25, -0.2) is 0 Å². The van der Waals surface area contributed by atoms with E-state index in [1.165, 1.54) is 128 Å². The second-order valence-electron chi connectivity index (χ2n) is 20.2. The standard InChI is InChI=1S/C64H38N3/c1-2-17-45-38(13-1)31-61-32-54(47-19-7-4-15-43(47)39-25-28-56(45)65(61)35-39)62-33-55-48-20-8-5-16-44(48)40-26-29-57(66(62)36-40)49-21-9-10-22-50(49)59(62)60-63-34-53(61)46-18-6-3-14-42(46)41-27-30-58(67(63)37-41)51-23-11-12-24-52(51)64(55,60)63/h1-30,32-37H,31H2/q+3/b53-34-,54-32?. The Morgan fingerprint density at radius 1 is 0.343 bits per heavy atom. The van der Waals surface area contributed by atoms with E-state index in [1.54, 1.807) is 0 Å². The van der Waals surface area contributed by atoms with Gasteiger partial charge in [-0.15, -0.1) is 0 Å². The Hall–Kier alpha value is -8.27. The minimum Gasteiger partial charge on any atom is -0.184 e. The van der Waals surface area contributed by atoms with Crippen molar-refractivity contribution in [2.75, 3.05) is 0 Å². The van der Waals surface area contributed by atoms with Crippen LogP contribution in [0.3, 0.4) is 0 Å². The molecule has 306 valence electrons. The van der Waals surface area contributed by atoms with Crippen molar-refractivity contribution in [2.45, 2.75) is 28.5 Å². The SMILES string of the molecule is C1=C2c3ccccc3-c3ccc4[n+](c3)C1(Cc1ccccc1-4)/C1=C\C34C5=C6c7ccccc7-c7ccc8c[n+]7C26C=C(c2ccccc2-8)C53c2ccccc2-c2ccc(c[n+]24)-c2ccccc21. The molecule has 67 heavy (non-hydrogen) atoms. The number of rotatable bonds is 0. The molecule has 13 bridgehead atoms. The predicted octanol–water partition coefficient (Wildman–Crippen LogP) is 11.8. The molecule has 4 atom stereocenters. The van der Waals surface area contributed by atoms with Crippen molar-refractivity contribution >= 4 is 22.3 Å². The summed E-state index contributed by atoms with van der Waals surface area (Å²) in [6, 6.07) is 70.4. The summed E-state index contributed by atoms with van der Waals surface area (Å²) in [5.74, 6) is 0. The quantitative estimate of drug-likeness (QED) is 0.135. The van der Waals surface area contributed by atoms with Crippen molar-refractivity contribution in [3.05, 3.63) is 258 Å². The van der Waals surface area contributed by atoms with Gasteiger partial charge in [0.25, 0.3) is 0 Å². The Bertz CT molecular complexity index is 4100. The molecule has 0 radical (unpaired) electrons. The van der Waals surface area contributed by atoms with Gasteiger partial charge in [0, 0.05) is 87.4 Å². The van der Waals surface area contributed by atoms with Gasteiger partial charge in [0.2, 0.25) is 33.7 Å². The van der Waals surface area contributed by atoms with E-state index in [-0.39, 0.29) is 0 Å². The topological polar surface area (TPSA) is 11.6 Å². The molecule has 4 unspecified atom stereocenters. The van der Waals surface area contributed by atoms with Crippen LogP contribution in [0.25, 0.3) is 89.4 Å². The number of benzene rings is 6. The Labute approximate surface area is 387 Å². The first-order chi connectivity index (χ1) is 33.1. The molecule has 3 aromatic heterocycles. The zero-order valence-corrected chi connectivity index (χ0v) is 36.3. The van der Waals surface area contributed by atoms with Crippen LogP contribution in [0.2, 0.25) is 0 Å². The molecule has 9 heterocycles. The Morgan fingerprint density at radius 2 is 0.836 bits per heavy atom. The monoisotopic (exact) mass is 848 g/mol. The molecular formula is C64H38N3+3. The smallest absolute Gasteiger partial charge is 0.184 e. The molecule has 18 rings (SSSR count). The fourth-order valence-electron chi connectivity index (χ4n) is 15.3. The fourth-order valence-corrected chi connectivity index (χ4v) is 15.3. The average molecular weight is 849 g/mol. The third kappa shape index (κ3) is 3.46. The van der Waals surface area contributed by atoms with Crippen molar-refractivity contribution < 1.29 is 13.7 Å². The molecular weight excluding hydrogens is 811 g/mol. The molecule has 1 fully saturated rings. The lowest BCUT2D eigenvalue weighted by Crippen LogP contribution is -2.64. The normalized spacial score (nSPS) is 25.6. The molecule has 4 spiro atoms. The van der Waals surface area contributed by atoms with Gasteiger partial charge in [0.05, 0.1) is 11.1 Å². The maximum atomic E-state index is 2.84. The predicted molar refractivity (Wildman–Crippen MR) is 263 cm³/mol. The van der Waals surface area contributed by atoms with Gasteiger partial charge < -0.3 is 0 Å². The number of nitrogens with zero attached hydrogens (tertiary/aromatic N) is 3. The molecule has 3 heteroatoms. The van der Waals surface area contributed by atoms with Crippen LogP contribution in [-0.2, 0) is 28.5 Å². The van der Waals surface area contributed by atoms with E-state index < -0.39 is 22.0 Å². The number of allylic oxidation sites excluding steroid dienone is 8. The molecule has 0 saturated heterocycles. The molecule has 9 aliphatic rings.